The van der Waals surface area contributed by atoms with Gasteiger partial charge in [0.15, 0.2) is 5.78 Å². The van der Waals surface area contributed by atoms with Crippen LogP contribution in [0.4, 0.5) is 4.39 Å². The van der Waals surface area contributed by atoms with Crippen molar-refractivity contribution in [3.8, 4) is 0 Å². The number of nitrogens with zero attached hydrogens (tertiary/aromatic N) is 3. The second-order valence-corrected chi connectivity index (χ2v) is 14.5. The fourth-order valence-corrected chi connectivity index (χ4v) is 9.90. The van der Waals surface area contributed by atoms with Gasteiger partial charge in [-0.2, -0.15) is 0 Å². The van der Waals surface area contributed by atoms with Gasteiger partial charge in [0.2, 0.25) is 0 Å². The van der Waals surface area contributed by atoms with Crippen molar-refractivity contribution in [1.29, 1.82) is 0 Å². The van der Waals surface area contributed by atoms with E-state index in [1.54, 1.807) is 4.90 Å². The minimum absolute atomic E-state index is 0.00811. The molecule has 9 nitrogen and oxygen atoms in total. The Morgan fingerprint density at radius 2 is 1.81 bits per heavy atom. The Bertz CT molecular complexity index is 1130. The molecule has 3 aliphatic heterocycles. The molecule has 0 bridgehead atoms. The van der Waals surface area contributed by atoms with Gasteiger partial charge in [-0.15, -0.1) is 0 Å². The Hall–Kier alpha value is -1.88. The SMILES string of the molecule is CN(C)CCCCNC1C(F)CC2C(=O)C(C(=O)N3CCOCC3)=CN3C4CC5C(CC4OC1C23)C(=O)C1CCCCC15. The molecule has 10 heteroatoms. The molecular weight excluding hydrogens is 551 g/mol. The number of carbonyl (C=O) groups excluding carboxylic acids is 3. The molecule has 3 heterocycles. The van der Waals surface area contributed by atoms with Crippen LogP contribution in [-0.4, -0.2) is 122 Å². The highest BCUT2D eigenvalue weighted by Crippen LogP contribution is 2.56. The van der Waals surface area contributed by atoms with Gasteiger partial charge in [0.25, 0.3) is 5.91 Å². The third-order valence-corrected chi connectivity index (χ3v) is 11.9. The van der Waals surface area contributed by atoms with Crippen molar-refractivity contribution < 1.29 is 28.2 Å². The molecule has 43 heavy (non-hydrogen) atoms. The number of unbranched alkanes of at least 4 members (excludes halogenated alkanes) is 1. The van der Waals surface area contributed by atoms with Crippen molar-refractivity contribution in [2.24, 2.45) is 29.6 Å². The van der Waals surface area contributed by atoms with E-state index in [0.717, 1.165) is 45.1 Å². The molecule has 0 radical (unpaired) electrons. The van der Waals surface area contributed by atoms with E-state index in [4.69, 9.17) is 9.47 Å². The van der Waals surface area contributed by atoms with Gasteiger partial charge in [-0.05, 0) is 84.0 Å². The first-order valence-corrected chi connectivity index (χ1v) is 17.0. The summed E-state index contributed by atoms with van der Waals surface area (Å²) < 4.78 is 28.4. The number of ether oxygens (including phenoxy) is 2. The molecule has 238 valence electrons. The molecule has 7 aliphatic rings. The number of fused-ring (bicyclic) bond motifs is 5. The van der Waals surface area contributed by atoms with Crippen LogP contribution in [0.5, 0.6) is 0 Å². The number of hydrogen-bond acceptors (Lipinski definition) is 8. The van der Waals surface area contributed by atoms with Crippen molar-refractivity contribution in [2.75, 3.05) is 53.5 Å². The predicted molar refractivity (Wildman–Crippen MR) is 158 cm³/mol. The van der Waals surface area contributed by atoms with Crippen LogP contribution in [0.15, 0.2) is 11.8 Å². The van der Waals surface area contributed by atoms with Crippen molar-refractivity contribution in [3.05, 3.63) is 11.8 Å². The maximum Gasteiger partial charge on any atom is 0.259 e. The highest BCUT2D eigenvalue weighted by molar-refractivity contribution is 6.20. The zero-order valence-corrected chi connectivity index (χ0v) is 25.8. The highest BCUT2D eigenvalue weighted by Gasteiger charge is 2.62. The van der Waals surface area contributed by atoms with E-state index in [1.807, 2.05) is 6.20 Å². The Labute approximate surface area is 254 Å². The average Bonchev–Trinajstić information content (AvgIpc) is 3.29. The fraction of sp³-hybridized carbons (Fsp3) is 0.848. The Kier molecular flexibility index (Phi) is 8.42. The summed E-state index contributed by atoms with van der Waals surface area (Å²) in [6, 6.07) is -0.852. The summed E-state index contributed by atoms with van der Waals surface area (Å²) in [4.78, 5) is 47.5. The molecule has 0 aromatic heterocycles. The molecule has 7 rings (SSSR count). The quantitative estimate of drug-likeness (QED) is 0.352. The lowest BCUT2D eigenvalue weighted by atomic mass is 9.66. The number of amides is 1. The predicted octanol–water partition coefficient (Wildman–Crippen LogP) is 2.19. The van der Waals surface area contributed by atoms with Crippen LogP contribution in [0.1, 0.15) is 57.8 Å². The normalized spacial score (nSPS) is 42.2. The van der Waals surface area contributed by atoms with E-state index < -0.39 is 24.2 Å². The molecule has 1 N–H and O–H groups in total. The summed E-state index contributed by atoms with van der Waals surface area (Å²) >= 11 is 0. The molecule has 1 amide bonds. The van der Waals surface area contributed by atoms with Gasteiger partial charge in [0.1, 0.15) is 12.0 Å². The number of Topliss-reactive ketones (excluding diaryl/α,β-unsaturated/α-hetero) is 2. The monoisotopic (exact) mass is 600 g/mol. The zero-order valence-electron chi connectivity index (χ0n) is 25.8. The topological polar surface area (TPSA) is 91.4 Å². The van der Waals surface area contributed by atoms with E-state index >= 15 is 4.39 Å². The largest absolute Gasteiger partial charge is 0.378 e. The number of alkyl halides is 1. The number of rotatable bonds is 7. The maximum atomic E-state index is 16.1. The molecule has 0 aromatic rings. The van der Waals surface area contributed by atoms with E-state index in [1.165, 1.54) is 6.42 Å². The van der Waals surface area contributed by atoms with Crippen molar-refractivity contribution in [1.82, 2.24) is 20.0 Å². The van der Waals surface area contributed by atoms with Crippen LogP contribution < -0.4 is 5.32 Å². The average molecular weight is 601 g/mol. The third kappa shape index (κ3) is 5.28. The summed E-state index contributed by atoms with van der Waals surface area (Å²) in [5, 5.41) is 3.49. The number of ketones is 2. The number of carbonyl (C=O) groups is 3. The molecule has 0 spiro atoms. The molecule has 4 saturated carbocycles. The summed E-state index contributed by atoms with van der Waals surface area (Å²) in [6.45, 7) is 3.48. The molecule has 0 aromatic carbocycles. The van der Waals surface area contributed by atoms with Gasteiger partial charge in [0, 0.05) is 37.0 Å². The lowest BCUT2D eigenvalue weighted by Gasteiger charge is -2.60. The van der Waals surface area contributed by atoms with Crippen LogP contribution >= 0.6 is 0 Å². The number of halogens is 1. The smallest absolute Gasteiger partial charge is 0.259 e. The van der Waals surface area contributed by atoms with Crippen LogP contribution in [-0.2, 0) is 23.9 Å². The highest BCUT2D eigenvalue weighted by atomic mass is 19.1. The maximum absolute atomic E-state index is 16.1. The van der Waals surface area contributed by atoms with Gasteiger partial charge >= 0.3 is 0 Å². The third-order valence-electron chi connectivity index (χ3n) is 11.9. The molecule has 6 fully saturated rings. The van der Waals surface area contributed by atoms with Gasteiger partial charge in [-0.3, -0.25) is 14.4 Å². The van der Waals surface area contributed by atoms with Gasteiger partial charge in [-0.1, -0.05) is 12.8 Å². The molecule has 11 atom stereocenters. The lowest BCUT2D eigenvalue weighted by Crippen LogP contribution is -2.73. The van der Waals surface area contributed by atoms with Gasteiger partial charge < -0.3 is 29.5 Å². The summed E-state index contributed by atoms with van der Waals surface area (Å²) in [5.41, 5.74) is 0.185. The molecular formula is C33H49FN4O5. The standard InChI is InChI=1S/C33H49FN4O5/c1-36(2)10-6-5-9-35-28-25(34)15-23-29-32(28)43-27-17-22-21(19-7-3-4-8-20(19)30(22)39)16-26(27)38(29)18-24(31(23)40)33(41)37-11-13-42-14-12-37/h18-23,25-29,32,35H,3-17H2,1-2H3. The minimum atomic E-state index is -1.26. The van der Waals surface area contributed by atoms with E-state index in [2.05, 4.69) is 29.2 Å². The number of morpholine rings is 2. The molecule has 11 unspecified atom stereocenters. The second-order valence-electron chi connectivity index (χ2n) is 14.5. The van der Waals surface area contributed by atoms with Crippen LogP contribution in [0.2, 0.25) is 0 Å². The second kappa shape index (κ2) is 12.1. The van der Waals surface area contributed by atoms with Crippen LogP contribution in [0, 0.1) is 29.6 Å². The van der Waals surface area contributed by atoms with Crippen molar-refractivity contribution in [3.63, 3.8) is 0 Å². The minimum Gasteiger partial charge on any atom is -0.378 e. The molecule has 4 aliphatic carbocycles. The first-order chi connectivity index (χ1) is 20.8. The van der Waals surface area contributed by atoms with E-state index in [-0.39, 0.29) is 53.7 Å². The van der Waals surface area contributed by atoms with Crippen LogP contribution in [0.25, 0.3) is 0 Å². The lowest BCUT2D eigenvalue weighted by molar-refractivity contribution is -0.206. The Morgan fingerprint density at radius 1 is 1.02 bits per heavy atom. The number of nitrogens with one attached hydrogen (secondary N) is 1. The zero-order chi connectivity index (χ0) is 29.8. The summed E-state index contributed by atoms with van der Waals surface area (Å²) in [5.74, 6) is 0.231. The van der Waals surface area contributed by atoms with Crippen LogP contribution in [0.3, 0.4) is 0 Å². The first kappa shape index (κ1) is 29.8. The van der Waals surface area contributed by atoms with Crippen molar-refractivity contribution >= 4 is 17.5 Å². The van der Waals surface area contributed by atoms with Gasteiger partial charge in [0.05, 0.1) is 49.1 Å². The summed E-state index contributed by atoms with van der Waals surface area (Å²) in [7, 11) is 4.11. The first-order valence-electron chi connectivity index (χ1n) is 17.0. The molecule has 2 saturated heterocycles. The van der Waals surface area contributed by atoms with Gasteiger partial charge in [-0.25, -0.2) is 4.39 Å². The Balaban J connectivity index is 1.19. The fourth-order valence-electron chi connectivity index (χ4n) is 9.90. The number of hydrogen-bond donors (Lipinski definition) is 1. The van der Waals surface area contributed by atoms with Crippen molar-refractivity contribution in [2.45, 2.75) is 94.3 Å². The summed E-state index contributed by atoms with van der Waals surface area (Å²) in [6.07, 6.45) is 7.80. The van der Waals surface area contributed by atoms with E-state index in [0.29, 0.717) is 56.9 Å². The van der Waals surface area contributed by atoms with E-state index in [9.17, 15) is 14.4 Å². The Morgan fingerprint density at radius 3 is 2.60 bits per heavy atom.